The summed E-state index contributed by atoms with van der Waals surface area (Å²) >= 11 is 1.58. The summed E-state index contributed by atoms with van der Waals surface area (Å²) in [7, 11) is 0. The first-order chi connectivity index (χ1) is 11.2. The second-order valence-corrected chi connectivity index (χ2v) is 7.00. The molecule has 1 amide bonds. The van der Waals surface area contributed by atoms with Crippen LogP contribution in [-0.2, 0) is 6.42 Å². The maximum Gasteiger partial charge on any atom is 0.276 e. The van der Waals surface area contributed by atoms with Gasteiger partial charge in [0.05, 0.1) is 6.10 Å². The van der Waals surface area contributed by atoms with Crippen LogP contribution in [-0.4, -0.2) is 34.2 Å². The van der Waals surface area contributed by atoms with Crippen molar-refractivity contribution < 1.29 is 14.4 Å². The summed E-state index contributed by atoms with van der Waals surface area (Å²) in [4.78, 5) is 15.3. The van der Waals surface area contributed by atoms with Crippen LogP contribution in [0.4, 0.5) is 0 Å². The zero-order chi connectivity index (χ0) is 16.2. The Morgan fingerprint density at radius 1 is 1.52 bits per heavy atom. The number of aliphatic hydroxyl groups excluding tert-OH is 1. The van der Waals surface area contributed by atoms with Gasteiger partial charge in [0.2, 0.25) is 0 Å². The first kappa shape index (κ1) is 16.2. The fourth-order valence-electron chi connectivity index (χ4n) is 3.05. The van der Waals surface area contributed by atoms with Crippen molar-refractivity contribution in [2.45, 2.75) is 38.7 Å². The fourth-order valence-corrected chi connectivity index (χ4v) is 3.85. The number of aryl methyl sites for hydroxylation is 1. The number of piperidine rings is 1. The van der Waals surface area contributed by atoms with E-state index in [0.717, 1.165) is 36.3 Å². The highest BCUT2D eigenvalue weighted by molar-refractivity contribution is 7.10. The van der Waals surface area contributed by atoms with E-state index in [-0.39, 0.29) is 11.8 Å². The van der Waals surface area contributed by atoms with Gasteiger partial charge in [0, 0.05) is 30.5 Å². The number of likely N-dealkylation sites (tertiary alicyclic amines) is 1. The third kappa shape index (κ3) is 3.64. The summed E-state index contributed by atoms with van der Waals surface area (Å²) in [5, 5.41) is 16.3. The first-order valence-corrected chi connectivity index (χ1v) is 9.03. The second kappa shape index (κ2) is 7.27. The molecule has 1 N–H and O–H groups in total. The number of carbonyl (C=O) groups excluding carboxylic acids is 1. The number of rotatable bonds is 5. The topological polar surface area (TPSA) is 66.6 Å². The minimum absolute atomic E-state index is 0.0693. The Morgan fingerprint density at radius 3 is 2.96 bits per heavy atom. The minimum Gasteiger partial charge on any atom is -0.387 e. The van der Waals surface area contributed by atoms with Gasteiger partial charge >= 0.3 is 0 Å². The largest absolute Gasteiger partial charge is 0.387 e. The lowest BCUT2D eigenvalue weighted by molar-refractivity contribution is 0.0467. The third-order valence-corrected chi connectivity index (χ3v) is 5.33. The van der Waals surface area contributed by atoms with E-state index in [1.807, 2.05) is 22.4 Å². The smallest absolute Gasteiger partial charge is 0.276 e. The van der Waals surface area contributed by atoms with E-state index < -0.39 is 6.10 Å². The van der Waals surface area contributed by atoms with Crippen LogP contribution < -0.4 is 0 Å². The van der Waals surface area contributed by atoms with Crippen molar-refractivity contribution in [1.29, 1.82) is 0 Å². The molecular weight excluding hydrogens is 312 g/mol. The molecule has 0 spiro atoms. The fraction of sp³-hybridized carbons (Fsp3) is 0.529. The Labute approximate surface area is 139 Å². The lowest BCUT2D eigenvalue weighted by Gasteiger charge is -2.33. The van der Waals surface area contributed by atoms with Crippen LogP contribution in [0.15, 0.2) is 28.1 Å². The maximum atomic E-state index is 12.5. The molecular formula is C17H22N2O3S. The molecule has 0 aliphatic carbocycles. The Hall–Kier alpha value is -1.66. The van der Waals surface area contributed by atoms with E-state index >= 15 is 0 Å². The van der Waals surface area contributed by atoms with Crippen LogP contribution in [0, 0.1) is 5.92 Å². The lowest BCUT2D eigenvalue weighted by atomic mass is 9.90. The van der Waals surface area contributed by atoms with E-state index in [9.17, 15) is 9.90 Å². The summed E-state index contributed by atoms with van der Waals surface area (Å²) < 4.78 is 5.19. The van der Waals surface area contributed by atoms with E-state index in [0.29, 0.717) is 18.8 Å². The van der Waals surface area contributed by atoms with Crippen LogP contribution in [0.1, 0.15) is 53.4 Å². The number of aliphatic hydroxyl groups is 1. The van der Waals surface area contributed by atoms with Gasteiger partial charge in [-0.25, -0.2) is 0 Å². The predicted molar refractivity (Wildman–Crippen MR) is 88.4 cm³/mol. The number of carbonyl (C=O) groups is 1. The molecule has 0 aromatic carbocycles. The van der Waals surface area contributed by atoms with E-state index in [4.69, 9.17) is 4.52 Å². The monoisotopic (exact) mass is 334 g/mol. The average molecular weight is 334 g/mol. The molecule has 5 nitrogen and oxygen atoms in total. The number of thiophene rings is 1. The van der Waals surface area contributed by atoms with Gasteiger partial charge in [-0.05, 0) is 36.6 Å². The van der Waals surface area contributed by atoms with Crippen molar-refractivity contribution in [3.63, 3.8) is 0 Å². The van der Waals surface area contributed by atoms with Crippen molar-refractivity contribution in [3.05, 3.63) is 39.9 Å². The van der Waals surface area contributed by atoms with Gasteiger partial charge in [0.1, 0.15) is 5.76 Å². The van der Waals surface area contributed by atoms with E-state index in [1.54, 1.807) is 17.4 Å². The molecule has 3 heterocycles. The number of aromatic nitrogens is 1. The molecule has 6 heteroatoms. The first-order valence-electron chi connectivity index (χ1n) is 8.15. The molecule has 3 rings (SSSR count). The molecule has 23 heavy (non-hydrogen) atoms. The molecule has 1 saturated heterocycles. The summed E-state index contributed by atoms with van der Waals surface area (Å²) in [5.41, 5.74) is 0.394. The number of hydrogen-bond donors (Lipinski definition) is 1. The highest BCUT2D eigenvalue weighted by Gasteiger charge is 2.30. The Bertz CT molecular complexity index is 630. The zero-order valence-corrected chi connectivity index (χ0v) is 14.1. The third-order valence-electron chi connectivity index (χ3n) is 4.38. The van der Waals surface area contributed by atoms with Gasteiger partial charge in [0.25, 0.3) is 5.91 Å². The van der Waals surface area contributed by atoms with Gasteiger partial charge in [-0.2, -0.15) is 0 Å². The Morgan fingerprint density at radius 2 is 2.30 bits per heavy atom. The van der Waals surface area contributed by atoms with Gasteiger partial charge in [-0.1, -0.05) is 18.1 Å². The van der Waals surface area contributed by atoms with Crippen LogP contribution in [0.2, 0.25) is 0 Å². The van der Waals surface area contributed by atoms with Crippen molar-refractivity contribution in [2.24, 2.45) is 5.92 Å². The molecule has 0 saturated carbocycles. The van der Waals surface area contributed by atoms with Crippen LogP contribution in [0.25, 0.3) is 0 Å². The summed E-state index contributed by atoms with van der Waals surface area (Å²) in [6.45, 7) is 3.37. The molecule has 124 valence electrons. The quantitative estimate of drug-likeness (QED) is 0.911. The van der Waals surface area contributed by atoms with Crippen molar-refractivity contribution in [3.8, 4) is 0 Å². The van der Waals surface area contributed by atoms with Crippen LogP contribution >= 0.6 is 11.3 Å². The number of nitrogens with zero attached hydrogens (tertiary/aromatic N) is 2. The predicted octanol–water partition coefficient (Wildman–Crippen LogP) is 3.27. The normalized spacial score (nSPS) is 17.4. The zero-order valence-electron chi connectivity index (χ0n) is 13.3. The lowest BCUT2D eigenvalue weighted by Crippen LogP contribution is -2.39. The molecule has 0 radical (unpaired) electrons. The number of hydrogen-bond acceptors (Lipinski definition) is 5. The van der Waals surface area contributed by atoms with Crippen LogP contribution in [0.3, 0.4) is 0 Å². The standard InChI is InChI=1S/C17H22N2O3S/c1-2-4-13-11-14(18-22-13)17(21)19-8-6-12(7-9-19)16(20)15-5-3-10-23-15/h3,5,10-12,16,20H,2,4,6-9H2,1H3. The summed E-state index contributed by atoms with van der Waals surface area (Å²) in [6.07, 6.45) is 2.97. The second-order valence-electron chi connectivity index (χ2n) is 6.02. The van der Waals surface area contributed by atoms with Crippen molar-refractivity contribution in [1.82, 2.24) is 10.1 Å². The van der Waals surface area contributed by atoms with Crippen molar-refractivity contribution in [2.75, 3.05) is 13.1 Å². The molecule has 2 aromatic rings. The van der Waals surface area contributed by atoms with Gasteiger partial charge in [-0.3, -0.25) is 4.79 Å². The summed E-state index contributed by atoms with van der Waals surface area (Å²) in [5.74, 6) is 0.907. The molecule has 2 aromatic heterocycles. The summed E-state index contributed by atoms with van der Waals surface area (Å²) in [6, 6.07) is 5.68. The molecule has 1 unspecified atom stereocenters. The van der Waals surface area contributed by atoms with E-state index in [2.05, 4.69) is 12.1 Å². The highest BCUT2D eigenvalue weighted by Crippen LogP contribution is 2.33. The highest BCUT2D eigenvalue weighted by atomic mass is 32.1. The van der Waals surface area contributed by atoms with Gasteiger partial charge in [-0.15, -0.1) is 11.3 Å². The Kier molecular flexibility index (Phi) is 5.13. The van der Waals surface area contributed by atoms with Crippen LogP contribution in [0.5, 0.6) is 0 Å². The molecule has 1 atom stereocenters. The van der Waals surface area contributed by atoms with Crippen molar-refractivity contribution >= 4 is 17.2 Å². The van der Waals surface area contributed by atoms with Gasteiger partial charge in [0.15, 0.2) is 5.69 Å². The maximum absolute atomic E-state index is 12.5. The van der Waals surface area contributed by atoms with Gasteiger partial charge < -0.3 is 14.5 Å². The molecule has 0 bridgehead atoms. The van der Waals surface area contributed by atoms with E-state index in [1.165, 1.54) is 0 Å². The SMILES string of the molecule is CCCc1cc(C(=O)N2CCC(C(O)c3cccs3)CC2)no1. The average Bonchev–Trinajstić information content (AvgIpc) is 3.26. The Balaban J connectivity index is 1.56. The molecule has 1 aliphatic rings. The number of amides is 1. The minimum atomic E-state index is -0.421. The molecule has 1 fully saturated rings. The molecule has 1 aliphatic heterocycles.